The molecular formula is C21H23NO5. The first-order valence-corrected chi connectivity index (χ1v) is 8.57. The van der Waals surface area contributed by atoms with Crippen LogP contribution in [0.2, 0.25) is 0 Å². The molecule has 0 saturated heterocycles. The molecule has 27 heavy (non-hydrogen) atoms. The van der Waals surface area contributed by atoms with Gasteiger partial charge in [0.25, 0.3) is 0 Å². The van der Waals surface area contributed by atoms with E-state index in [0.717, 1.165) is 22.0 Å². The highest BCUT2D eigenvalue weighted by atomic mass is 16.5. The summed E-state index contributed by atoms with van der Waals surface area (Å²) in [6.07, 6.45) is 0. The first kappa shape index (κ1) is 18.6. The van der Waals surface area contributed by atoms with Crippen molar-refractivity contribution < 1.29 is 23.7 Å². The number of fused-ring (bicyclic) bond motifs is 1. The fourth-order valence-corrected chi connectivity index (χ4v) is 2.98. The zero-order valence-corrected chi connectivity index (χ0v) is 16.2. The Morgan fingerprint density at radius 2 is 1.37 bits per heavy atom. The van der Waals surface area contributed by atoms with Crippen LogP contribution in [0.15, 0.2) is 36.4 Å². The van der Waals surface area contributed by atoms with Crippen molar-refractivity contribution in [1.29, 1.82) is 0 Å². The van der Waals surface area contributed by atoms with E-state index in [1.165, 1.54) is 0 Å². The molecule has 1 heterocycles. The Balaban J connectivity index is 2.29. The summed E-state index contributed by atoms with van der Waals surface area (Å²) in [6, 6.07) is 11.4. The zero-order chi connectivity index (χ0) is 19.4. The number of hydrogen-bond donors (Lipinski definition) is 0. The average molecular weight is 369 g/mol. The summed E-state index contributed by atoms with van der Waals surface area (Å²) < 4.78 is 27.3. The lowest BCUT2D eigenvalue weighted by Crippen LogP contribution is -1.98. The lowest BCUT2D eigenvalue weighted by molar-refractivity contribution is 0.328. The van der Waals surface area contributed by atoms with Crippen LogP contribution in [0.1, 0.15) is 6.92 Å². The van der Waals surface area contributed by atoms with E-state index in [9.17, 15) is 0 Å². The van der Waals surface area contributed by atoms with Crippen molar-refractivity contribution in [2.75, 3.05) is 35.0 Å². The standard InChI is InChI=1S/C21H23NO5/c1-6-27-20-11-14-10-18(25-4)19(26-5)12-15(14)21(22-20)13-7-8-16(23-2)17(9-13)24-3/h7-12H,6H2,1-5H3. The summed E-state index contributed by atoms with van der Waals surface area (Å²) in [5.74, 6) is 3.12. The third-order valence-electron chi connectivity index (χ3n) is 4.26. The molecule has 0 atom stereocenters. The molecule has 0 fully saturated rings. The number of nitrogens with zero attached hydrogens (tertiary/aromatic N) is 1. The SMILES string of the molecule is CCOc1cc2cc(OC)c(OC)cc2c(-c2ccc(OC)c(OC)c2)n1. The fraction of sp³-hybridized carbons (Fsp3) is 0.286. The number of hydrogen-bond acceptors (Lipinski definition) is 6. The van der Waals surface area contributed by atoms with Gasteiger partial charge in [-0.3, -0.25) is 0 Å². The predicted molar refractivity (Wildman–Crippen MR) is 105 cm³/mol. The van der Waals surface area contributed by atoms with Gasteiger partial charge in [-0.15, -0.1) is 0 Å². The molecule has 3 aromatic rings. The van der Waals surface area contributed by atoms with Gasteiger partial charge in [-0.25, -0.2) is 4.98 Å². The van der Waals surface area contributed by atoms with E-state index < -0.39 is 0 Å². The Morgan fingerprint density at radius 1 is 0.741 bits per heavy atom. The Hall–Kier alpha value is -3.15. The van der Waals surface area contributed by atoms with Crippen LogP contribution in [0.3, 0.4) is 0 Å². The number of aromatic nitrogens is 1. The second-order valence-electron chi connectivity index (χ2n) is 5.74. The highest BCUT2D eigenvalue weighted by Crippen LogP contribution is 2.39. The molecule has 2 aromatic carbocycles. The molecule has 3 rings (SSSR count). The van der Waals surface area contributed by atoms with E-state index in [0.29, 0.717) is 35.5 Å². The molecule has 0 unspecified atom stereocenters. The van der Waals surface area contributed by atoms with Gasteiger partial charge < -0.3 is 23.7 Å². The van der Waals surface area contributed by atoms with Gasteiger partial charge in [0.15, 0.2) is 23.0 Å². The maximum absolute atomic E-state index is 5.67. The molecule has 0 spiro atoms. The molecule has 0 bridgehead atoms. The van der Waals surface area contributed by atoms with Crippen molar-refractivity contribution in [2.24, 2.45) is 0 Å². The Kier molecular flexibility index (Phi) is 5.54. The van der Waals surface area contributed by atoms with E-state index in [1.54, 1.807) is 28.4 Å². The lowest BCUT2D eigenvalue weighted by atomic mass is 10.0. The van der Waals surface area contributed by atoms with Crippen LogP contribution >= 0.6 is 0 Å². The fourth-order valence-electron chi connectivity index (χ4n) is 2.98. The first-order valence-electron chi connectivity index (χ1n) is 8.57. The maximum Gasteiger partial charge on any atom is 0.214 e. The minimum absolute atomic E-state index is 0.525. The van der Waals surface area contributed by atoms with Crippen LogP contribution in [0.5, 0.6) is 28.9 Å². The summed E-state index contributed by atoms with van der Waals surface area (Å²) >= 11 is 0. The molecule has 0 aliphatic heterocycles. The summed E-state index contributed by atoms with van der Waals surface area (Å²) in [5, 5.41) is 1.86. The largest absolute Gasteiger partial charge is 0.493 e. The Bertz CT molecular complexity index is 955. The van der Waals surface area contributed by atoms with Crippen molar-refractivity contribution in [3.05, 3.63) is 36.4 Å². The van der Waals surface area contributed by atoms with Gasteiger partial charge >= 0.3 is 0 Å². The van der Waals surface area contributed by atoms with Gasteiger partial charge in [0.1, 0.15) is 0 Å². The summed E-state index contributed by atoms with van der Waals surface area (Å²) in [4.78, 5) is 4.71. The van der Waals surface area contributed by atoms with Crippen LogP contribution in [0.4, 0.5) is 0 Å². The topological polar surface area (TPSA) is 59.0 Å². The predicted octanol–water partition coefficient (Wildman–Crippen LogP) is 4.33. The van der Waals surface area contributed by atoms with Crippen LogP contribution in [0, 0.1) is 0 Å². The number of pyridine rings is 1. The summed E-state index contributed by atoms with van der Waals surface area (Å²) in [5.41, 5.74) is 1.64. The van der Waals surface area contributed by atoms with Crippen LogP contribution in [0.25, 0.3) is 22.0 Å². The molecule has 6 nitrogen and oxygen atoms in total. The quantitative estimate of drug-likeness (QED) is 0.618. The van der Waals surface area contributed by atoms with E-state index in [2.05, 4.69) is 0 Å². The number of rotatable bonds is 7. The minimum atomic E-state index is 0.525. The number of benzene rings is 2. The third kappa shape index (κ3) is 3.56. The van der Waals surface area contributed by atoms with Crippen LogP contribution < -0.4 is 23.7 Å². The van der Waals surface area contributed by atoms with E-state index >= 15 is 0 Å². The summed E-state index contributed by atoms with van der Waals surface area (Å²) in [6.45, 7) is 2.45. The highest BCUT2D eigenvalue weighted by Gasteiger charge is 2.15. The molecule has 0 aliphatic rings. The van der Waals surface area contributed by atoms with Gasteiger partial charge in [0.05, 0.1) is 40.7 Å². The molecule has 0 aliphatic carbocycles. The molecule has 1 aromatic heterocycles. The van der Waals surface area contributed by atoms with Crippen LogP contribution in [-0.2, 0) is 0 Å². The highest BCUT2D eigenvalue weighted by molar-refractivity contribution is 5.97. The van der Waals surface area contributed by atoms with E-state index in [-0.39, 0.29) is 0 Å². The maximum atomic E-state index is 5.67. The molecule has 0 radical (unpaired) electrons. The third-order valence-corrected chi connectivity index (χ3v) is 4.26. The van der Waals surface area contributed by atoms with Gasteiger partial charge in [-0.2, -0.15) is 0 Å². The number of ether oxygens (including phenoxy) is 5. The molecule has 0 amide bonds. The average Bonchev–Trinajstić information content (AvgIpc) is 2.71. The second kappa shape index (κ2) is 8.03. The number of methoxy groups -OCH3 is 4. The lowest BCUT2D eigenvalue weighted by Gasteiger charge is -2.15. The van der Waals surface area contributed by atoms with Crippen molar-refractivity contribution in [2.45, 2.75) is 6.92 Å². The summed E-state index contributed by atoms with van der Waals surface area (Å²) in [7, 11) is 6.45. The smallest absolute Gasteiger partial charge is 0.214 e. The normalized spacial score (nSPS) is 10.6. The Labute approximate surface area is 158 Å². The second-order valence-corrected chi connectivity index (χ2v) is 5.74. The van der Waals surface area contributed by atoms with Gasteiger partial charge in [-0.1, -0.05) is 0 Å². The van der Waals surface area contributed by atoms with Crippen molar-refractivity contribution in [3.8, 4) is 40.1 Å². The minimum Gasteiger partial charge on any atom is -0.493 e. The first-order chi connectivity index (χ1) is 13.1. The molecular weight excluding hydrogens is 346 g/mol. The van der Waals surface area contributed by atoms with Gasteiger partial charge in [0, 0.05) is 17.0 Å². The Morgan fingerprint density at radius 3 is 2.00 bits per heavy atom. The van der Waals surface area contributed by atoms with E-state index in [4.69, 9.17) is 28.7 Å². The molecule has 6 heteroatoms. The monoisotopic (exact) mass is 369 g/mol. The zero-order valence-electron chi connectivity index (χ0n) is 16.2. The molecule has 142 valence electrons. The van der Waals surface area contributed by atoms with Crippen molar-refractivity contribution in [1.82, 2.24) is 4.98 Å². The van der Waals surface area contributed by atoms with Crippen LogP contribution in [-0.4, -0.2) is 40.0 Å². The van der Waals surface area contributed by atoms with Gasteiger partial charge in [0.2, 0.25) is 5.88 Å². The van der Waals surface area contributed by atoms with Crippen molar-refractivity contribution in [3.63, 3.8) is 0 Å². The van der Waals surface area contributed by atoms with Crippen molar-refractivity contribution >= 4 is 10.8 Å². The molecule has 0 saturated carbocycles. The van der Waals surface area contributed by atoms with Gasteiger partial charge in [-0.05, 0) is 42.6 Å². The van der Waals surface area contributed by atoms with E-state index in [1.807, 2.05) is 43.3 Å². The molecule has 0 N–H and O–H groups in total.